The molecule has 8 rings (SSSR count). The summed E-state index contributed by atoms with van der Waals surface area (Å²) in [5.41, 5.74) is 3.45. The van der Waals surface area contributed by atoms with Gasteiger partial charge < -0.3 is 29.5 Å². The molecular weight excluding hydrogens is 889 g/mol. The van der Waals surface area contributed by atoms with Crippen LogP contribution in [0.5, 0.6) is 23.0 Å². The van der Waals surface area contributed by atoms with E-state index in [1.807, 2.05) is 25.3 Å². The fourth-order valence-electron chi connectivity index (χ4n) is 7.20. The molecule has 336 valence electrons. The van der Waals surface area contributed by atoms with Gasteiger partial charge in [-0.3, -0.25) is 28.1 Å². The number of benzene rings is 2. The van der Waals surface area contributed by atoms with Gasteiger partial charge in [0.25, 0.3) is 11.1 Å². The Hall–Kier alpha value is -8.20. The molecule has 66 heavy (non-hydrogen) atoms. The molecule has 0 aliphatic heterocycles. The molecule has 0 saturated heterocycles. The predicted molar refractivity (Wildman–Crippen MR) is 244 cm³/mol. The summed E-state index contributed by atoms with van der Waals surface area (Å²) in [7, 11) is 3.02. The number of carboxylic acids is 2. The molecular formula is C46H40N8O10S2. The van der Waals surface area contributed by atoms with E-state index in [2.05, 4.69) is 22.3 Å². The van der Waals surface area contributed by atoms with Gasteiger partial charge in [0.15, 0.2) is 5.75 Å². The predicted octanol–water partition coefficient (Wildman–Crippen LogP) is 6.75. The molecule has 0 unspecified atom stereocenters. The van der Waals surface area contributed by atoms with Crippen molar-refractivity contribution in [3.05, 3.63) is 149 Å². The van der Waals surface area contributed by atoms with Crippen LogP contribution in [0.3, 0.4) is 0 Å². The number of pyridine rings is 2. The lowest BCUT2D eigenvalue weighted by molar-refractivity contribution is 0.0683. The van der Waals surface area contributed by atoms with E-state index in [9.17, 15) is 34.5 Å². The molecule has 20 heteroatoms. The first-order chi connectivity index (χ1) is 31.9. The monoisotopic (exact) mass is 928 g/mol. The number of hydrogen-bond donors (Lipinski definition) is 3. The van der Waals surface area contributed by atoms with Gasteiger partial charge in [0.2, 0.25) is 5.75 Å². The highest BCUT2D eigenvalue weighted by atomic mass is 32.1. The van der Waals surface area contributed by atoms with E-state index in [1.54, 1.807) is 75.1 Å². The molecule has 3 N–H and O–H groups in total. The van der Waals surface area contributed by atoms with Gasteiger partial charge in [0.1, 0.15) is 34.8 Å². The second-order valence-electron chi connectivity index (χ2n) is 14.7. The number of fused-ring (bicyclic) bond motifs is 2. The highest BCUT2D eigenvalue weighted by Gasteiger charge is 2.25. The lowest BCUT2D eigenvalue weighted by Crippen LogP contribution is -2.25. The Balaban J connectivity index is 0.000000198. The number of ether oxygens (including phenoxy) is 3. The summed E-state index contributed by atoms with van der Waals surface area (Å²) in [5, 5.41) is 59.8. The highest BCUT2D eigenvalue weighted by Crippen LogP contribution is 2.31. The van der Waals surface area contributed by atoms with Gasteiger partial charge in [-0.25, -0.2) is 9.59 Å². The fourth-order valence-corrected chi connectivity index (χ4v) is 9.06. The van der Waals surface area contributed by atoms with Crippen molar-refractivity contribution in [2.24, 2.45) is 0 Å². The number of thiophene rings is 2. The molecule has 0 aliphatic rings. The van der Waals surface area contributed by atoms with Crippen LogP contribution >= 0.6 is 22.7 Å². The average molecular weight is 929 g/mol. The molecule has 0 atom stereocenters. The van der Waals surface area contributed by atoms with Crippen molar-refractivity contribution >= 4 is 55.0 Å². The molecule has 18 nitrogen and oxygen atoms in total. The standard InChI is InChI=1S/C25H24N4O5S.C21H16N4O5S/c1-3-4-8-34-22-21(25(31)32)23-19(7-9-35-23)29(24(22)30)15-17-12-27-28(14-17)13-16-5-6-18(11-26)20(10-16)33-2;1-30-16-6-12(2-3-14(16)7-22)9-24-10-13(8-23-24)11-25-15-4-5-31-19(15)17(21(28)29)18(26)20(25)27/h5-7,9-10,12,14H,3-4,8,13,15H2,1-2H3,(H,31,32);2-6,8,10,26H,9,11H2,1H3,(H,28,29). The van der Waals surface area contributed by atoms with Crippen molar-refractivity contribution in [3.63, 3.8) is 0 Å². The summed E-state index contributed by atoms with van der Waals surface area (Å²) in [4.78, 5) is 49.4. The molecule has 0 aliphatic carbocycles. The van der Waals surface area contributed by atoms with Gasteiger partial charge in [-0.1, -0.05) is 25.5 Å². The van der Waals surface area contributed by atoms with Gasteiger partial charge in [-0.15, -0.1) is 22.7 Å². The zero-order chi connectivity index (χ0) is 47.1. The number of nitriles is 2. The third-order valence-electron chi connectivity index (χ3n) is 10.4. The zero-order valence-electron chi connectivity index (χ0n) is 35.6. The zero-order valence-corrected chi connectivity index (χ0v) is 37.3. The van der Waals surface area contributed by atoms with Gasteiger partial charge in [0.05, 0.1) is 91.0 Å². The van der Waals surface area contributed by atoms with Crippen molar-refractivity contribution in [1.82, 2.24) is 28.7 Å². The summed E-state index contributed by atoms with van der Waals surface area (Å²) in [6.45, 7) is 3.48. The summed E-state index contributed by atoms with van der Waals surface area (Å²) in [6, 6.07) is 18.2. The van der Waals surface area contributed by atoms with E-state index in [1.165, 1.54) is 34.7 Å². The number of nitrogens with zero attached hydrogens (tertiary/aromatic N) is 8. The lowest BCUT2D eigenvalue weighted by Gasteiger charge is -2.14. The second kappa shape index (κ2) is 20.1. The maximum atomic E-state index is 13.3. The van der Waals surface area contributed by atoms with E-state index in [0.717, 1.165) is 34.4 Å². The van der Waals surface area contributed by atoms with Gasteiger partial charge >= 0.3 is 11.9 Å². The molecule has 8 aromatic rings. The maximum absolute atomic E-state index is 13.3. The van der Waals surface area contributed by atoms with Crippen molar-refractivity contribution < 1.29 is 39.1 Å². The average Bonchev–Trinajstić information content (AvgIpc) is 4.16. The second-order valence-corrected chi connectivity index (χ2v) is 16.5. The van der Waals surface area contributed by atoms with Crippen LogP contribution in [-0.4, -0.2) is 76.8 Å². The smallest absolute Gasteiger partial charge is 0.341 e. The van der Waals surface area contributed by atoms with Gasteiger partial charge in [-0.05, 0) is 64.7 Å². The van der Waals surface area contributed by atoms with Crippen LogP contribution in [0, 0.1) is 22.7 Å². The van der Waals surface area contributed by atoms with E-state index >= 15 is 0 Å². The molecule has 0 radical (unpaired) electrons. The van der Waals surface area contributed by atoms with Crippen molar-refractivity contribution in [3.8, 4) is 35.1 Å². The Morgan fingerprint density at radius 1 is 0.697 bits per heavy atom. The summed E-state index contributed by atoms with van der Waals surface area (Å²) < 4.78 is 23.3. The topological polar surface area (TPSA) is 250 Å². The minimum absolute atomic E-state index is 0.0854. The number of aromatic hydroxyl groups is 1. The molecule has 6 aromatic heterocycles. The summed E-state index contributed by atoms with van der Waals surface area (Å²) in [5.74, 6) is -2.46. The van der Waals surface area contributed by atoms with Crippen LogP contribution in [0.1, 0.15) is 73.9 Å². The van der Waals surface area contributed by atoms with Crippen LogP contribution in [0.2, 0.25) is 0 Å². The number of aromatic carboxylic acids is 2. The number of rotatable bonds is 16. The van der Waals surface area contributed by atoms with Crippen LogP contribution in [0.4, 0.5) is 0 Å². The Bertz CT molecular complexity index is 3330. The van der Waals surface area contributed by atoms with E-state index in [4.69, 9.17) is 24.7 Å². The van der Waals surface area contributed by atoms with E-state index in [-0.39, 0.29) is 36.6 Å². The van der Waals surface area contributed by atoms with Crippen molar-refractivity contribution in [2.45, 2.75) is 45.9 Å². The van der Waals surface area contributed by atoms with E-state index < -0.39 is 28.8 Å². The Morgan fingerprint density at radius 2 is 1.18 bits per heavy atom. The first kappa shape index (κ1) is 45.8. The number of carboxylic acid groups (broad SMARTS) is 2. The SMILES string of the molecule is CCCCOc1c(C(=O)O)c2sccc2n(Cc2cnn(Cc3ccc(C#N)c(OC)c3)c2)c1=O.COc1cc(Cn2cc(Cn3c(=O)c(O)c(C(=O)O)c4sccc43)cn2)ccc1C#N. The van der Waals surface area contributed by atoms with Crippen molar-refractivity contribution in [2.75, 3.05) is 20.8 Å². The normalized spacial score (nSPS) is 10.9. The van der Waals surface area contributed by atoms with Gasteiger partial charge in [0, 0.05) is 23.5 Å². The summed E-state index contributed by atoms with van der Waals surface area (Å²) >= 11 is 2.41. The number of hydrogen-bond acceptors (Lipinski definition) is 14. The molecule has 6 heterocycles. The maximum Gasteiger partial charge on any atom is 0.341 e. The van der Waals surface area contributed by atoms with Crippen LogP contribution < -0.4 is 25.3 Å². The summed E-state index contributed by atoms with van der Waals surface area (Å²) in [6.07, 6.45) is 8.45. The van der Waals surface area contributed by atoms with Crippen molar-refractivity contribution in [1.29, 1.82) is 10.5 Å². The van der Waals surface area contributed by atoms with Crippen LogP contribution in [-0.2, 0) is 26.2 Å². The number of unbranched alkanes of at least 4 members (excludes halogenated alkanes) is 1. The Labute approximate surface area is 383 Å². The fraction of sp³-hybridized carbons (Fsp3) is 0.217. The first-order valence-corrected chi connectivity index (χ1v) is 21.9. The third kappa shape index (κ3) is 9.50. The Morgan fingerprint density at radius 3 is 1.64 bits per heavy atom. The molecule has 0 spiro atoms. The molecule has 2 aromatic carbocycles. The Kier molecular flexibility index (Phi) is 14.0. The molecule has 0 saturated carbocycles. The third-order valence-corrected chi connectivity index (χ3v) is 12.2. The minimum atomic E-state index is -1.35. The highest BCUT2D eigenvalue weighted by molar-refractivity contribution is 7.17. The van der Waals surface area contributed by atoms with Gasteiger partial charge in [-0.2, -0.15) is 20.7 Å². The quantitative estimate of drug-likeness (QED) is 0.0848. The molecule has 0 bridgehead atoms. The molecule has 0 amide bonds. The molecule has 0 fully saturated rings. The lowest BCUT2D eigenvalue weighted by atomic mass is 10.1. The van der Waals surface area contributed by atoms with Crippen LogP contribution in [0.25, 0.3) is 20.4 Å². The minimum Gasteiger partial charge on any atom is -0.502 e. The first-order valence-electron chi connectivity index (χ1n) is 20.1. The number of methoxy groups -OCH3 is 2. The van der Waals surface area contributed by atoms with Crippen LogP contribution in [0.15, 0.2) is 93.7 Å². The number of carbonyl (C=O) groups is 2. The van der Waals surface area contributed by atoms with E-state index in [0.29, 0.717) is 68.1 Å². The largest absolute Gasteiger partial charge is 0.502 e. The number of aromatic nitrogens is 6.